The highest BCUT2D eigenvalue weighted by atomic mass is 16.6. The zero-order valence-corrected chi connectivity index (χ0v) is 11.7. The third-order valence-corrected chi connectivity index (χ3v) is 3.64. The predicted molar refractivity (Wildman–Crippen MR) is 77.6 cm³/mol. The summed E-state index contributed by atoms with van der Waals surface area (Å²) in [5.41, 5.74) is 1.07. The smallest absolute Gasteiger partial charge is 0.269 e. The molecule has 0 aliphatic heterocycles. The second-order valence-electron chi connectivity index (χ2n) is 5.23. The minimum atomic E-state index is -0.365. The van der Waals surface area contributed by atoms with Crippen LogP contribution in [0, 0.1) is 10.1 Å². The van der Waals surface area contributed by atoms with Gasteiger partial charge in [-0.2, -0.15) is 0 Å². The van der Waals surface area contributed by atoms with Crippen molar-refractivity contribution in [2.75, 3.05) is 13.2 Å². The van der Waals surface area contributed by atoms with Gasteiger partial charge >= 0.3 is 0 Å². The van der Waals surface area contributed by atoms with Crippen LogP contribution < -0.4 is 5.32 Å². The number of nitrogens with one attached hydrogen (secondary N) is 1. The van der Waals surface area contributed by atoms with Crippen LogP contribution in [0.3, 0.4) is 0 Å². The molecule has 5 heteroatoms. The highest BCUT2D eigenvalue weighted by Gasteiger charge is 2.12. The average molecular weight is 278 g/mol. The first-order valence-corrected chi connectivity index (χ1v) is 7.31. The lowest BCUT2D eigenvalue weighted by molar-refractivity contribution is -0.384. The van der Waals surface area contributed by atoms with Gasteiger partial charge < -0.3 is 10.1 Å². The van der Waals surface area contributed by atoms with Crippen molar-refractivity contribution < 1.29 is 9.66 Å². The molecule has 0 amide bonds. The molecule has 1 aliphatic rings. The molecule has 20 heavy (non-hydrogen) atoms. The minimum absolute atomic E-state index is 0.141. The molecule has 0 bridgehead atoms. The van der Waals surface area contributed by atoms with Crippen molar-refractivity contribution in [2.45, 2.75) is 44.8 Å². The van der Waals surface area contributed by atoms with E-state index in [1.807, 2.05) is 6.07 Å². The van der Waals surface area contributed by atoms with Gasteiger partial charge in [0.25, 0.3) is 5.69 Å². The number of benzene rings is 1. The van der Waals surface area contributed by atoms with Gasteiger partial charge in [-0.1, -0.05) is 31.4 Å². The van der Waals surface area contributed by atoms with Gasteiger partial charge in [-0.15, -0.1) is 0 Å². The normalized spacial score (nSPS) is 16.2. The maximum atomic E-state index is 10.7. The second-order valence-corrected chi connectivity index (χ2v) is 5.23. The quantitative estimate of drug-likeness (QED) is 0.473. The Balaban J connectivity index is 1.63. The van der Waals surface area contributed by atoms with Crippen LogP contribution in [0.25, 0.3) is 0 Å². The van der Waals surface area contributed by atoms with Gasteiger partial charge in [0.15, 0.2) is 0 Å². The molecule has 1 saturated carbocycles. The Hall–Kier alpha value is -1.46. The Morgan fingerprint density at radius 3 is 2.85 bits per heavy atom. The Kier molecular flexibility index (Phi) is 5.95. The van der Waals surface area contributed by atoms with E-state index in [2.05, 4.69) is 5.32 Å². The lowest BCUT2D eigenvalue weighted by Gasteiger charge is -2.22. The molecule has 0 heterocycles. The molecular formula is C15H22N2O3. The van der Waals surface area contributed by atoms with E-state index in [0.29, 0.717) is 19.3 Å². The Bertz CT molecular complexity index is 431. The number of nitro groups is 1. The van der Waals surface area contributed by atoms with Crippen molar-refractivity contribution in [1.29, 1.82) is 0 Å². The summed E-state index contributed by atoms with van der Waals surface area (Å²) in [7, 11) is 0. The number of hydrogen-bond donors (Lipinski definition) is 1. The minimum Gasteiger partial charge on any atom is -0.377 e. The maximum absolute atomic E-state index is 10.7. The molecule has 0 spiro atoms. The fourth-order valence-corrected chi connectivity index (χ4v) is 2.54. The van der Waals surface area contributed by atoms with E-state index < -0.39 is 0 Å². The van der Waals surface area contributed by atoms with Crippen LogP contribution in [0.15, 0.2) is 24.3 Å². The molecule has 0 saturated heterocycles. The topological polar surface area (TPSA) is 64.4 Å². The Morgan fingerprint density at radius 1 is 1.30 bits per heavy atom. The molecule has 110 valence electrons. The Labute approximate surface area is 119 Å². The summed E-state index contributed by atoms with van der Waals surface area (Å²) in [4.78, 5) is 10.3. The molecule has 1 aromatic carbocycles. The largest absolute Gasteiger partial charge is 0.377 e. The molecule has 1 aliphatic carbocycles. The van der Waals surface area contributed by atoms with Crippen LogP contribution in [0.5, 0.6) is 0 Å². The summed E-state index contributed by atoms with van der Waals surface area (Å²) in [5, 5.41) is 13.9. The third-order valence-electron chi connectivity index (χ3n) is 3.64. The van der Waals surface area contributed by atoms with E-state index in [0.717, 1.165) is 12.1 Å². The first kappa shape index (κ1) is 14.9. The number of ether oxygens (including phenoxy) is 1. The summed E-state index contributed by atoms with van der Waals surface area (Å²) in [6, 6.07) is 6.72. The number of hydrogen-bond acceptors (Lipinski definition) is 4. The van der Waals surface area contributed by atoms with Crippen molar-refractivity contribution >= 4 is 5.69 Å². The van der Waals surface area contributed by atoms with Crippen molar-refractivity contribution in [3.63, 3.8) is 0 Å². The van der Waals surface area contributed by atoms with Crippen LogP contribution in [-0.2, 0) is 11.3 Å². The number of non-ortho nitro benzene ring substituents is 1. The van der Waals surface area contributed by atoms with Gasteiger partial charge in [0, 0.05) is 25.2 Å². The summed E-state index contributed by atoms with van der Waals surface area (Å²) in [6.07, 6.45) is 6.71. The SMILES string of the molecule is O=[N+]([O-])c1cccc(CNCCOC2CCCCC2)c1. The van der Waals surface area contributed by atoms with E-state index in [4.69, 9.17) is 4.74 Å². The van der Waals surface area contributed by atoms with Crippen molar-refractivity contribution in [3.8, 4) is 0 Å². The molecular weight excluding hydrogens is 256 g/mol. The van der Waals surface area contributed by atoms with Crippen LogP contribution >= 0.6 is 0 Å². The molecule has 0 atom stereocenters. The molecule has 1 fully saturated rings. The maximum Gasteiger partial charge on any atom is 0.269 e. The molecule has 0 radical (unpaired) electrons. The molecule has 1 N–H and O–H groups in total. The summed E-state index contributed by atoms with van der Waals surface area (Å²) < 4.78 is 5.81. The highest BCUT2D eigenvalue weighted by Crippen LogP contribution is 2.19. The van der Waals surface area contributed by atoms with Crippen molar-refractivity contribution in [3.05, 3.63) is 39.9 Å². The summed E-state index contributed by atoms with van der Waals surface area (Å²) in [6.45, 7) is 2.12. The van der Waals surface area contributed by atoms with Gasteiger partial charge in [0.05, 0.1) is 17.6 Å². The molecule has 1 aromatic rings. The Morgan fingerprint density at radius 2 is 2.10 bits per heavy atom. The van der Waals surface area contributed by atoms with E-state index in [1.165, 1.54) is 38.2 Å². The summed E-state index contributed by atoms with van der Waals surface area (Å²) in [5.74, 6) is 0. The monoisotopic (exact) mass is 278 g/mol. The second kappa shape index (κ2) is 7.97. The average Bonchev–Trinajstić information content (AvgIpc) is 2.48. The highest BCUT2D eigenvalue weighted by molar-refractivity contribution is 5.34. The first-order valence-electron chi connectivity index (χ1n) is 7.31. The fourth-order valence-electron chi connectivity index (χ4n) is 2.54. The van der Waals surface area contributed by atoms with Gasteiger partial charge in [0.1, 0.15) is 0 Å². The zero-order chi connectivity index (χ0) is 14.2. The fraction of sp³-hybridized carbons (Fsp3) is 0.600. The molecule has 0 unspecified atom stereocenters. The lowest BCUT2D eigenvalue weighted by Crippen LogP contribution is -2.24. The van der Waals surface area contributed by atoms with Crippen LogP contribution in [0.1, 0.15) is 37.7 Å². The van der Waals surface area contributed by atoms with Crippen LogP contribution in [0.4, 0.5) is 5.69 Å². The number of rotatable bonds is 7. The molecule has 0 aromatic heterocycles. The lowest BCUT2D eigenvalue weighted by atomic mass is 9.98. The van der Waals surface area contributed by atoms with Crippen molar-refractivity contribution in [1.82, 2.24) is 5.32 Å². The van der Waals surface area contributed by atoms with Gasteiger partial charge in [0.2, 0.25) is 0 Å². The third kappa shape index (κ3) is 4.90. The molecule has 2 rings (SSSR count). The van der Waals surface area contributed by atoms with Gasteiger partial charge in [-0.3, -0.25) is 10.1 Å². The summed E-state index contributed by atoms with van der Waals surface area (Å²) >= 11 is 0. The van der Waals surface area contributed by atoms with E-state index in [-0.39, 0.29) is 10.6 Å². The van der Waals surface area contributed by atoms with Crippen LogP contribution in [-0.4, -0.2) is 24.2 Å². The van der Waals surface area contributed by atoms with Gasteiger partial charge in [-0.05, 0) is 18.4 Å². The number of nitrogens with zero attached hydrogens (tertiary/aromatic N) is 1. The number of nitro benzene ring substituents is 1. The van der Waals surface area contributed by atoms with E-state index in [1.54, 1.807) is 12.1 Å². The predicted octanol–water partition coefficient (Wildman–Crippen LogP) is 3.03. The van der Waals surface area contributed by atoms with Crippen LogP contribution in [0.2, 0.25) is 0 Å². The van der Waals surface area contributed by atoms with E-state index >= 15 is 0 Å². The van der Waals surface area contributed by atoms with E-state index in [9.17, 15) is 10.1 Å². The zero-order valence-electron chi connectivity index (χ0n) is 11.7. The van der Waals surface area contributed by atoms with Crippen molar-refractivity contribution in [2.24, 2.45) is 0 Å². The first-order chi connectivity index (χ1) is 9.75. The molecule has 5 nitrogen and oxygen atoms in total. The standard InChI is InChI=1S/C15H22N2O3/c18-17(19)14-6-4-5-13(11-14)12-16-9-10-20-15-7-2-1-3-8-15/h4-6,11,15-16H,1-3,7-10,12H2. The van der Waals surface area contributed by atoms with Gasteiger partial charge in [-0.25, -0.2) is 0 Å².